The lowest BCUT2D eigenvalue weighted by Gasteiger charge is -2.43. The van der Waals surface area contributed by atoms with Crippen LogP contribution in [0.15, 0.2) is 12.7 Å². The summed E-state index contributed by atoms with van der Waals surface area (Å²) in [5.41, 5.74) is 0. The Kier molecular flexibility index (Phi) is 7.83. The van der Waals surface area contributed by atoms with Crippen LogP contribution in [0, 0.1) is 0 Å². The van der Waals surface area contributed by atoms with Crippen molar-refractivity contribution in [3.05, 3.63) is 12.7 Å². The second-order valence-electron chi connectivity index (χ2n) is 5.10. The Morgan fingerprint density at radius 1 is 1.04 bits per heavy atom. The quantitative estimate of drug-likeness (QED) is 0.376. The van der Waals surface area contributed by atoms with E-state index in [2.05, 4.69) is 6.58 Å². The van der Waals surface area contributed by atoms with E-state index in [9.17, 15) is 19.5 Å². The summed E-state index contributed by atoms with van der Waals surface area (Å²) >= 11 is 0. The first kappa shape index (κ1) is 20.1. The fraction of sp³-hybridized carbons (Fsp3) is 0.667. The summed E-state index contributed by atoms with van der Waals surface area (Å²) < 4.78 is 25.9. The number of hydrogen-bond acceptors (Lipinski definition) is 9. The molecule has 0 aromatic heterocycles. The van der Waals surface area contributed by atoms with E-state index in [-0.39, 0.29) is 13.2 Å². The molecular weight excluding hydrogens is 324 g/mol. The number of aliphatic hydroxyl groups is 1. The van der Waals surface area contributed by atoms with Crippen LogP contribution in [0.1, 0.15) is 20.8 Å². The molecule has 0 amide bonds. The third kappa shape index (κ3) is 5.91. The van der Waals surface area contributed by atoms with Crippen molar-refractivity contribution in [2.75, 3.05) is 13.2 Å². The van der Waals surface area contributed by atoms with Crippen LogP contribution in [0.2, 0.25) is 0 Å². The molecule has 1 saturated heterocycles. The number of hydrogen-bond donors (Lipinski definition) is 1. The highest BCUT2D eigenvalue weighted by molar-refractivity contribution is 5.67. The lowest BCUT2D eigenvalue weighted by atomic mass is 9.98. The highest BCUT2D eigenvalue weighted by Crippen LogP contribution is 2.28. The molecule has 1 rings (SSSR count). The summed E-state index contributed by atoms with van der Waals surface area (Å²) in [4.78, 5) is 33.7. The van der Waals surface area contributed by atoms with Crippen LogP contribution in [-0.4, -0.2) is 66.9 Å². The fourth-order valence-corrected chi connectivity index (χ4v) is 2.25. The number of aliphatic hydroxyl groups excluding tert-OH is 1. The van der Waals surface area contributed by atoms with Gasteiger partial charge < -0.3 is 28.8 Å². The molecule has 1 fully saturated rings. The Labute approximate surface area is 139 Å². The van der Waals surface area contributed by atoms with Crippen molar-refractivity contribution in [1.29, 1.82) is 0 Å². The molecule has 0 aliphatic carbocycles. The zero-order chi connectivity index (χ0) is 18.3. The second-order valence-corrected chi connectivity index (χ2v) is 5.10. The highest BCUT2D eigenvalue weighted by atomic mass is 16.7. The summed E-state index contributed by atoms with van der Waals surface area (Å²) in [6.45, 7) is 6.82. The monoisotopic (exact) mass is 346 g/mol. The van der Waals surface area contributed by atoms with E-state index in [0.717, 1.165) is 6.92 Å². The van der Waals surface area contributed by atoms with Gasteiger partial charge in [0.25, 0.3) is 0 Å². The topological polar surface area (TPSA) is 118 Å². The zero-order valence-electron chi connectivity index (χ0n) is 13.8. The first-order valence-corrected chi connectivity index (χ1v) is 7.30. The van der Waals surface area contributed by atoms with Crippen LogP contribution < -0.4 is 0 Å². The van der Waals surface area contributed by atoms with Crippen LogP contribution in [0.4, 0.5) is 0 Å². The summed E-state index contributed by atoms with van der Waals surface area (Å²) in [5, 5.41) is 10.1. The van der Waals surface area contributed by atoms with Crippen LogP contribution >= 0.6 is 0 Å². The predicted molar refractivity (Wildman–Crippen MR) is 78.6 cm³/mol. The van der Waals surface area contributed by atoms with Gasteiger partial charge in [-0.1, -0.05) is 6.08 Å². The molecule has 1 unspecified atom stereocenters. The molecule has 1 N–H and O–H groups in total. The number of carbonyl (C=O) groups is 3. The molecule has 0 radical (unpaired) electrons. The van der Waals surface area contributed by atoms with Gasteiger partial charge >= 0.3 is 17.9 Å². The number of ether oxygens (including phenoxy) is 5. The van der Waals surface area contributed by atoms with Crippen LogP contribution in [-0.2, 0) is 38.1 Å². The van der Waals surface area contributed by atoms with Gasteiger partial charge in [-0.05, 0) is 0 Å². The summed E-state index contributed by atoms with van der Waals surface area (Å²) in [6, 6.07) is 0. The minimum Gasteiger partial charge on any atom is -0.463 e. The largest absolute Gasteiger partial charge is 0.463 e. The summed E-state index contributed by atoms with van der Waals surface area (Å²) in [5.74, 6) is -1.88. The smallest absolute Gasteiger partial charge is 0.303 e. The molecule has 24 heavy (non-hydrogen) atoms. The molecular formula is C15H22O9. The van der Waals surface area contributed by atoms with Gasteiger partial charge in [-0.3, -0.25) is 14.4 Å². The standard InChI is InChI=1S/C15H22O9/c1-5-6-20-13-12(22-9(3)17)11(7-21-8(2)16)24-15(19)14(13)23-10(4)18/h5,11-15,19H,1,6-7H2,2-4H3/t11-,12-,13+,14-,15?/m1/s1. The number of esters is 3. The average Bonchev–Trinajstić information content (AvgIpc) is 2.47. The second kappa shape index (κ2) is 9.36. The van der Waals surface area contributed by atoms with Crippen molar-refractivity contribution >= 4 is 17.9 Å². The Bertz CT molecular complexity index is 476. The number of rotatable bonds is 7. The van der Waals surface area contributed by atoms with Crippen molar-refractivity contribution < 1.29 is 43.2 Å². The molecule has 0 bridgehead atoms. The fourth-order valence-electron chi connectivity index (χ4n) is 2.25. The van der Waals surface area contributed by atoms with Crippen molar-refractivity contribution in [3.63, 3.8) is 0 Å². The lowest BCUT2D eigenvalue weighted by Crippen LogP contribution is -2.62. The van der Waals surface area contributed by atoms with Gasteiger partial charge in [-0.25, -0.2) is 0 Å². The first-order chi connectivity index (χ1) is 11.3. The molecule has 9 heteroatoms. The van der Waals surface area contributed by atoms with Gasteiger partial charge in [-0.2, -0.15) is 0 Å². The van der Waals surface area contributed by atoms with Gasteiger partial charge in [0, 0.05) is 20.8 Å². The Balaban J connectivity index is 3.05. The molecule has 0 spiro atoms. The molecule has 9 nitrogen and oxygen atoms in total. The summed E-state index contributed by atoms with van der Waals surface area (Å²) in [7, 11) is 0. The van der Waals surface area contributed by atoms with Crippen LogP contribution in [0.3, 0.4) is 0 Å². The minimum absolute atomic E-state index is 0.0488. The van der Waals surface area contributed by atoms with E-state index in [1.165, 1.54) is 19.9 Å². The van der Waals surface area contributed by atoms with Gasteiger partial charge in [0.2, 0.25) is 0 Å². The van der Waals surface area contributed by atoms with Crippen molar-refractivity contribution in [1.82, 2.24) is 0 Å². The minimum atomic E-state index is -1.55. The van der Waals surface area contributed by atoms with Crippen molar-refractivity contribution in [2.45, 2.75) is 51.5 Å². The molecule has 1 aliphatic rings. The first-order valence-electron chi connectivity index (χ1n) is 7.30. The van der Waals surface area contributed by atoms with E-state index in [4.69, 9.17) is 23.7 Å². The zero-order valence-corrected chi connectivity index (χ0v) is 13.8. The highest BCUT2D eigenvalue weighted by Gasteiger charge is 2.50. The molecule has 1 aliphatic heterocycles. The van der Waals surface area contributed by atoms with Gasteiger partial charge in [0.1, 0.15) is 18.8 Å². The molecule has 0 saturated carbocycles. The predicted octanol–water partition coefficient (Wildman–Crippen LogP) is -0.299. The third-order valence-corrected chi connectivity index (χ3v) is 3.07. The summed E-state index contributed by atoms with van der Waals surface area (Å²) in [6.07, 6.45) is -4.40. The van der Waals surface area contributed by atoms with Crippen molar-refractivity contribution in [3.8, 4) is 0 Å². The molecule has 136 valence electrons. The normalized spacial score (nSPS) is 29.4. The van der Waals surface area contributed by atoms with Gasteiger partial charge in [0.15, 0.2) is 18.5 Å². The van der Waals surface area contributed by atoms with E-state index >= 15 is 0 Å². The van der Waals surface area contributed by atoms with E-state index < -0.39 is 48.6 Å². The maximum absolute atomic E-state index is 11.4. The Morgan fingerprint density at radius 2 is 1.62 bits per heavy atom. The molecule has 5 atom stereocenters. The average molecular weight is 346 g/mol. The van der Waals surface area contributed by atoms with Crippen LogP contribution in [0.25, 0.3) is 0 Å². The van der Waals surface area contributed by atoms with E-state index in [1.807, 2.05) is 0 Å². The van der Waals surface area contributed by atoms with E-state index in [0.29, 0.717) is 0 Å². The molecule has 1 heterocycles. The Morgan fingerprint density at radius 3 is 2.12 bits per heavy atom. The number of carbonyl (C=O) groups excluding carboxylic acids is 3. The Hall–Kier alpha value is -1.97. The van der Waals surface area contributed by atoms with Gasteiger partial charge in [-0.15, -0.1) is 6.58 Å². The molecule has 0 aromatic rings. The van der Waals surface area contributed by atoms with E-state index in [1.54, 1.807) is 0 Å². The van der Waals surface area contributed by atoms with Crippen LogP contribution in [0.5, 0.6) is 0 Å². The maximum atomic E-state index is 11.4. The third-order valence-electron chi connectivity index (χ3n) is 3.07. The lowest BCUT2D eigenvalue weighted by molar-refractivity contribution is -0.299. The van der Waals surface area contributed by atoms with Crippen molar-refractivity contribution in [2.24, 2.45) is 0 Å². The maximum Gasteiger partial charge on any atom is 0.303 e. The van der Waals surface area contributed by atoms with Gasteiger partial charge in [0.05, 0.1) is 6.61 Å². The molecule has 0 aromatic carbocycles. The SMILES string of the molecule is C=CCO[C@H]1[C@H](OC(C)=O)[C@@H](COC(C)=O)OC(O)[C@@H]1OC(C)=O.